The number of amides is 1. The van der Waals surface area contributed by atoms with Crippen molar-refractivity contribution >= 4 is 24.1 Å². The van der Waals surface area contributed by atoms with Crippen molar-refractivity contribution in [2.75, 3.05) is 0 Å². The van der Waals surface area contributed by atoms with Crippen molar-refractivity contribution in [1.29, 1.82) is 0 Å². The second kappa shape index (κ2) is 5.51. The third-order valence-electron chi connectivity index (χ3n) is 1.98. The zero-order valence-corrected chi connectivity index (χ0v) is 9.51. The Labute approximate surface area is 95.1 Å². The fourth-order valence-electron chi connectivity index (χ4n) is 1.22. The Balaban J connectivity index is 0.00000196. The molecular formula is C11H14ClNO2. The molecule has 4 heteroatoms. The van der Waals surface area contributed by atoms with Crippen molar-refractivity contribution in [2.45, 2.75) is 13.8 Å². The first kappa shape index (κ1) is 13.7. The summed E-state index contributed by atoms with van der Waals surface area (Å²) in [5.41, 5.74) is 5.87. The zero-order valence-electron chi connectivity index (χ0n) is 8.69. The lowest BCUT2D eigenvalue weighted by Crippen LogP contribution is -2.18. The third-order valence-corrected chi connectivity index (χ3v) is 1.98. The minimum absolute atomic E-state index is 0. The Kier molecular flexibility index (Phi) is 5.02. The first-order valence-electron chi connectivity index (χ1n) is 4.47. The molecule has 2 N–H and O–H groups in total. The van der Waals surface area contributed by atoms with Gasteiger partial charge in [-0.2, -0.15) is 0 Å². The minimum Gasteiger partial charge on any atom is -0.366 e. The van der Waals surface area contributed by atoms with Crippen molar-refractivity contribution in [3.8, 4) is 0 Å². The summed E-state index contributed by atoms with van der Waals surface area (Å²) in [7, 11) is 0. The molecule has 0 fully saturated rings. The van der Waals surface area contributed by atoms with Gasteiger partial charge in [0.15, 0.2) is 5.78 Å². The number of halogens is 1. The molecule has 0 atom stereocenters. The molecule has 0 heterocycles. The van der Waals surface area contributed by atoms with Crippen LogP contribution in [0.1, 0.15) is 34.6 Å². The van der Waals surface area contributed by atoms with E-state index in [9.17, 15) is 9.59 Å². The first-order chi connectivity index (χ1) is 6.54. The number of rotatable bonds is 3. The maximum Gasteiger partial charge on any atom is 0.249 e. The molecule has 1 aromatic rings. The van der Waals surface area contributed by atoms with E-state index in [1.54, 1.807) is 38.1 Å². The van der Waals surface area contributed by atoms with Gasteiger partial charge in [0, 0.05) is 17.0 Å². The van der Waals surface area contributed by atoms with Gasteiger partial charge in [0.1, 0.15) is 0 Å². The molecule has 0 bridgehead atoms. The Morgan fingerprint density at radius 1 is 1.13 bits per heavy atom. The van der Waals surface area contributed by atoms with Crippen LogP contribution in [0.25, 0.3) is 0 Å². The van der Waals surface area contributed by atoms with Gasteiger partial charge in [-0.05, 0) is 6.07 Å². The molecular weight excluding hydrogens is 214 g/mol. The highest BCUT2D eigenvalue weighted by molar-refractivity contribution is 6.08. The average Bonchev–Trinajstić information content (AvgIpc) is 2.16. The van der Waals surface area contributed by atoms with Gasteiger partial charge in [0.2, 0.25) is 5.91 Å². The second-order valence-corrected chi connectivity index (χ2v) is 3.43. The Bertz CT molecular complexity index is 375. The molecule has 82 valence electrons. The van der Waals surface area contributed by atoms with Crippen molar-refractivity contribution < 1.29 is 9.59 Å². The number of Topliss-reactive ketones (excluding diaryl/α,β-unsaturated/α-hetero) is 1. The number of primary amides is 1. The third kappa shape index (κ3) is 3.06. The van der Waals surface area contributed by atoms with E-state index in [4.69, 9.17) is 5.73 Å². The number of nitrogens with two attached hydrogens (primary N) is 1. The molecule has 0 aliphatic rings. The monoisotopic (exact) mass is 227 g/mol. The van der Waals surface area contributed by atoms with E-state index in [1.165, 1.54) is 0 Å². The van der Waals surface area contributed by atoms with Crippen LogP contribution in [-0.4, -0.2) is 11.7 Å². The summed E-state index contributed by atoms with van der Waals surface area (Å²) in [4.78, 5) is 22.7. The summed E-state index contributed by atoms with van der Waals surface area (Å²) in [5, 5.41) is 0. The van der Waals surface area contributed by atoms with Gasteiger partial charge in [-0.15, -0.1) is 12.4 Å². The predicted molar refractivity (Wildman–Crippen MR) is 61.4 cm³/mol. The quantitative estimate of drug-likeness (QED) is 0.804. The smallest absolute Gasteiger partial charge is 0.249 e. The van der Waals surface area contributed by atoms with Gasteiger partial charge in [-0.1, -0.05) is 32.0 Å². The van der Waals surface area contributed by atoms with Crippen LogP contribution in [0.5, 0.6) is 0 Å². The number of hydrogen-bond acceptors (Lipinski definition) is 2. The van der Waals surface area contributed by atoms with Gasteiger partial charge < -0.3 is 5.73 Å². The van der Waals surface area contributed by atoms with Crippen molar-refractivity contribution in [1.82, 2.24) is 0 Å². The van der Waals surface area contributed by atoms with Crippen LogP contribution in [0.3, 0.4) is 0 Å². The van der Waals surface area contributed by atoms with Crippen LogP contribution >= 0.6 is 12.4 Å². The Morgan fingerprint density at radius 3 is 2.00 bits per heavy atom. The fourth-order valence-corrected chi connectivity index (χ4v) is 1.22. The predicted octanol–water partition coefficient (Wildman–Crippen LogP) is 2.05. The molecule has 0 aliphatic carbocycles. The summed E-state index contributed by atoms with van der Waals surface area (Å²) in [5.74, 6) is -0.746. The van der Waals surface area contributed by atoms with E-state index in [0.717, 1.165) is 0 Å². The van der Waals surface area contributed by atoms with Crippen LogP contribution in [0, 0.1) is 5.92 Å². The standard InChI is InChI=1S/C11H13NO2.ClH/c1-7(2)10(13)8-5-3-4-6-9(8)11(12)14;/h3-7H,1-2H3,(H2,12,14);1H. The van der Waals surface area contributed by atoms with E-state index in [0.29, 0.717) is 11.1 Å². The summed E-state index contributed by atoms with van der Waals surface area (Å²) in [6.07, 6.45) is 0. The van der Waals surface area contributed by atoms with E-state index in [1.807, 2.05) is 0 Å². The highest BCUT2D eigenvalue weighted by Crippen LogP contribution is 2.13. The molecule has 0 radical (unpaired) electrons. The van der Waals surface area contributed by atoms with Gasteiger partial charge >= 0.3 is 0 Å². The lowest BCUT2D eigenvalue weighted by molar-refractivity contribution is 0.0924. The molecule has 3 nitrogen and oxygen atoms in total. The number of ketones is 1. The lowest BCUT2D eigenvalue weighted by atomic mass is 9.96. The largest absolute Gasteiger partial charge is 0.366 e. The fraction of sp³-hybridized carbons (Fsp3) is 0.273. The van der Waals surface area contributed by atoms with Crippen LogP contribution in [-0.2, 0) is 0 Å². The van der Waals surface area contributed by atoms with Gasteiger partial charge in [0.25, 0.3) is 0 Å². The van der Waals surface area contributed by atoms with E-state index in [2.05, 4.69) is 0 Å². The Morgan fingerprint density at radius 2 is 1.60 bits per heavy atom. The number of hydrogen-bond donors (Lipinski definition) is 1. The average molecular weight is 228 g/mol. The summed E-state index contributed by atoms with van der Waals surface area (Å²) in [6, 6.07) is 6.61. The molecule has 0 saturated heterocycles. The summed E-state index contributed by atoms with van der Waals surface area (Å²) >= 11 is 0. The van der Waals surface area contributed by atoms with Crippen molar-refractivity contribution in [2.24, 2.45) is 11.7 Å². The van der Waals surface area contributed by atoms with E-state index in [-0.39, 0.29) is 24.1 Å². The van der Waals surface area contributed by atoms with Crippen LogP contribution in [0.2, 0.25) is 0 Å². The summed E-state index contributed by atoms with van der Waals surface area (Å²) < 4.78 is 0. The Hall–Kier alpha value is -1.35. The van der Waals surface area contributed by atoms with Crippen LogP contribution in [0.4, 0.5) is 0 Å². The second-order valence-electron chi connectivity index (χ2n) is 3.43. The van der Waals surface area contributed by atoms with Crippen molar-refractivity contribution in [3.05, 3.63) is 35.4 Å². The number of carbonyl (C=O) groups is 2. The highest BCUT2D eigenvalue weighted by atomic mass is 35.5. The number of carbonyl (C=O) groups excluding carboxylic acids is 2. The molecule has 0 aliphatic heterocycles. The minimum atomic E-state index is -0.561. The lowest BCUT2D eigenvalue weighted by Gasteiger charge is -2.07. The first-order valence-corrected chi connectivity index (χ1v) is 4.47. The number of benzene rings is 1. The van der Waals surface area contributed by atoms with Crippen LogP contribution in [0.15, 0.2) is 24.3 Å². The van der Waals surface area contributed by atoms with Crippen molar-refractivity contribution in [3.63, 3.8) is 0 Å². The molecule has 1 aromatic carbocycles. The van der Waals surface area contributed by atoms with Crippen LogP contribution < -0.4 is 5.73 Å². The summed E-state index contributed by atoms with van der Waals surface area (Å²) in [6.45, 7) is 3.58. The normalized spacial score (nSPS) is 9.53. The maximum atomic E-state index is 11.7. The van der Waals surface area contributed by atoms with Gasteiger partial charge in [-0.25, -0.2) is 0 Å². The molecule has 15 heavy (non-hydrogen) atoms. The topological polar surface area (TPSA) is 60.2 Å². The molecule has 0 spiro atoms. The SMILES string of the molecule is CC(C)C(=O)c1ccccc1C(N)=O.Cl. The van der Waals surface area contributed by atoms with E-state index < -0.39 is 5.91 Å². The zero-order chi connectivity index (χ0) is 10.7. The molecule has 0 aromatic heterocycles. The van der Waals surface area contributed by atoms with Gasteiger partial charge in [-0.3, -0.25) is 9.59 Å². The molecule has 0 saturated carbocycles. The molecule has 0 unspecified atom stereocenters. The molecule has 1 rings (SSSR count). The van der Waals surface area contributed by atoms with E-state index >= 15 is 0 Å². The van der Waals surface area contributed by atoms with Gasteiger partial charge in [0.05, 0.1) is 0 Å². The maximum absolute atomic E-state index is 11.7. The molecule has 1 amide bonds. The highest BCUT2D eigenvalue weighted by Gasteiger charge is 2.16.